The maximum atomic E-state index is 4.32. The Morgan fingerprint density at radius 1 is 1.12 bits per heavy atom. The molecule has 0 amide bonds. The lowest BCUT2D eigenvalue weighted by Gasteiger charge is -2.03. The number of aromatic nitrogens is 1. The van der Waals surface area contributed by atoms with Gasteiger partial charge < -0.3 is 0 Å². The van der Waals surface area contributed by atoms with Crippen molar-refractivity contribution in [2.75, 3.05) is 5.43 Å². The Labute approximate surface area is 109 Å². The van der Waals surface area contributed by atoms with Crippen molar-refractivity contribution < 1.29 is 0 Å². The van der Waals surface area contributed by atoms with Crippen LogP contribution in [0.3, 0.4) is 0 Å². The zero-order valence-corrected chi connectivity index (χ0v) is 11.0. The number of rotatable bonds is 3. The van der Waals surface area contributed by atoms with E-state index < -0.39 is 0 Å². The Hall–Kier alpha value is -1.68. The predicted octanol–water partition coefficient (Wildman–Crippen LogP) is 3.68. The van der Waals surface area contributed by atoms with Crippen LogP contribution in [0, 0.1) is 0 Å². The van der Waals surface area contributed by atoms with Crippen molar-refractivity contribution in [1.29, 1.82) is 0 Å². The largest absolute Gasteiger partial charge is 0.278 e. The smallest absolute Gasteiger partial charge is 0.0648 e. The molecule has 1 heterocycles. The molecule has 0 saturated carbocycles. The minimum Gasteiger partial charge on any atom is -0.278 e. The van der Waals surface area contributed by atoms with Crippen LogP contribution in [0.25, 0.3) is 0 Å². The molecule has 1 aromatic heterocycles. The minimum atomic E-state index is 0.927. The van der Waals surface area contributed by atoms with E-state index in [0.717, 1.165) is 21.4 Å². The van der Waals surface area contributed by atoms with Crippen LogP contribution >= 0.6 is 15.9 Å². The number of nitrogens with one attached hydrogen (secondary N) is 1. The molecule has 0 bridgehead atoms. The first-order valence-electron chi connectivity index (χ1n) is 5.22. The van der Waals surface area contributed by atoms with Crippen molar-refractivity contribution in [3.05, 3.63) is 58.8 Å². The lowest BCUT2D eigenvalue weighted by molar-refractivity contribution is 1.27. The van der Waals surface area contributed by atoms with Gasteiger partial charge in [-0.05, 0) is 36.8 Å². The van der Waals surface area contributed by atoms with Crippen LogP contribution in [0.1, 0.15) is 12.5 Å². The third-order valence-corrected chi connectivity index (χ3v) is 2.82. The molecule has 1 N–H and O–H groups in total. The van der Waals surface area contributed by atoms with Gasteiger partial charge in [-0.25, -0.2) is 0 Å². The molecule has 2 aromatic rings. The quantitative estimate of drug-likeness (QED) is 0.691. The Morgan fingerprint density at radius 2 is 1.76 bits per heavy atom. The van der Waals surface area contributed by atoms with Crippen molar-refractivity contribution >= 4 is 27.3 Å². The van der Waals surface area contributed by atoms with Crippen LogP contribution in [0.2, 0.25) is 0 Å². The van der Waals surface area contributed by atoms with Gasteiger partial charge in [-0.1, -0.05) is 28.1 Å². The number of hydrazone groups is 1. The zero-order chi connectivity index (χ0) is 12.1. The first-order valence-corrected chi connectivity index (χ1v) is 6.01. The zero-order valence-electron chi connectivity index (χ0n) is 9.39. The van der Waals surface area contributed by atoms with Gasteiger partial charge in [0.1, 0.15) is 0 Å². The number of benzene rings is 1. The second-order valence-electron chi connectivity index (χ2n) is 3.55. The summed E-state index contributed by atoms with van der Waals surface area (Å²) in [5.41, 5.74) is 5.95. The lowest BCUT2D eigenvalue weighted by Crippen LogP contribution is -1.99. The van der Waals surface area contributed by atoms with Crippen LogP contribution in [-0.2, 0) is 0 Å². The summed E-state index contributed by atoms with van der Waals surface area (Å²) in [4.78, 5) is 3.95. The molecule has 0 saturated heterocycles. The monoisotopic (exact) mass is 289 g/mol. The van der Waals surface area contributed by atoms with Crippen LogP contribution in [-0.4, -0.2) is 10.7 Å². The average molecular weight is 290 g/mol. The topological polar surface area (TPSA) is 37.3 Å². The van der Waals surface area contributed by atoms with E-state index >= 15 is 0 Å². The number of hydrogen-bond donors (Lipinski definition) is 1. The van der Waals surface area contributed by atoms with Crippen molar-refractivity contribution in [3.63, 3.8) is 0 Å². The second kappa shape index (κ2) is 5.59. The molecular weight excluding hydrogens is 278 g/mol. The van der Waals surface area contributed by atoms with E-state index in [9.17, 15) is 0 Å². The number of halogens is 1. The summed E-state index contributed by atoms with van der Waals surface area (Å²) in [5.74, 6) is 0. The van der Waals surface area contributed by atoms with Crippen molar-refractivity contribution in [2.45, 2.75) is 6.92 Å². The summed E-state index contributed by atoms with van der Waals surface area (Å²) in [6, 6.07) is 11.8. The Balaban J connectivity index is 2.10. The van der Waals surface area contributed by atoms with Crippen LogP contribution in [0.15, 0.2) is 58.4 Å². The lowest BCUT2D eigenvalue weighted by atomic mass is 10.1. The number of pyridine rings is 1. The first kappa shape index (κ1) is 11.8. The third kappa shape index (κ3) is 3.39. The number of hydrogen-bond acceptors (Lipinski definition) is 3. The fourth-order valence-corrected chi connectivity index (χ4v) is 1.59. The van der Waals surface area contributed by atoms with Gasteiger partial charge in [0.2, 0.25) is 0 Å². The normalized spacial score (nSPS) is 11.3. The van der Waals surface area contributed by atoms with Gasteiger partial charge in [0, 0.05) is 16.9 Å². The number of anilines is 1. The van der Waals surface area contributed by atoms with E-state index in [0.29, 0.717) is 0 Å². The predicted molar refractivity (Wildman–Crippen MR) is 74.2 cm³/mol. The average Bonchev–Trinajstić information content (AvgIpc) is 2.38. The highest BCUT2D eigenvalue weighted by Crippen LogP contribution is 2.11. The molecule has 0 aliphatic carbocycles. The van der Waals surface area contributed by atoms with Gasteiger partial charge in [0.25, 0.3) is 0 Å². The van der Waals surface area contributed by atoms with Gasteiger partial charge >= 0.3 is 0 Å². The van der Waals surface area contributed by atoms with E-state index in [1.165, 1.54) is 0 Å². The molecule has 0 radical (unpaired) electrons. The minimum absolute atomic E-state index is 0.927. The Kier molecular flexibility index (Phi) is 3.88. The van der Waals surface area contributed by atoms with E-state index in [1.807, 2.05) is 43.3 Å². The standard InChI is InChI=1S/C13H12BrN3/c1-10(11-2-4-12(14)5-3-11)16-17-13-6-8-15-9-7-13/h2-9H,1H3,(H,15,17)/b16-10-. The van der Waals surface area contributed by atoms with Gasteiger partial charge in [0.05, 0.1) is 11.4 Å². The van der Waals surface area contributed by atoms with Crippen molar-refractivity contribution in [2.24, 2.45) is 5.10 Å². The summed E-state index contributed by atoms with van der Waals surface area (Å²) in [6.45, 7) is 1.97. The molecule has 1 aromatic carbocycles. The molecule has 0 unspecified atom stereocenters. The third-order valence-electron chi connectivity index (χ3n) is 2.30. The molecular formula is C13H12BrN3. The SMILES string of the molecule is C/C(=N/Nc1ccncc1)c1ccc(Br)cc1. The van der Waals surface area contributed by atoms with E-state index in [4.69, 9.17) is 0 Å². The van der Waals surface area contributed by atoms with Crippen LogP contribution in [0.5, 0.6) is 0 Å². The summed E-state index contributed by atoms with van der Waals surface area (Å²) >= 11 is 3.41. The summed E-state index contributed by atoms with van der Waals surface area (Å²) < 4.78 is 1.07. The summed E-state index contributed by atoms with van der Waals surface area (Å²) in [5, 5.41) is 4.32. The van der Waals surface area contributed by atoms with E-state index in [2.05, 4.69) is 31.4 Å². The fraction of sp³-hybridized carbons (Fsp3) is 0.0769. The summed E-state index contributed by atoms with van der Waals surface area (Å²) in [7, 11) is 0. The van der Waals surface area contributed by atoms with E-state index in [-0.39, 0.29) is 0 Å². The number of nitrogens with zero attached hydrogens (tertiary/aromatic N) is 2. The van der Waals surface area contributed by atoms with Crippen molar-refractivity contribution in [3.8, 4) is 0 Å². The molecule has 3 nitrogen and oxygen atoms in total. The highest BCUT2D eigenvalue weighted by molar-refractivity contribution is 9.10. The Bertz CT molecular complexity index is 506. The van der Waals surface area contributed by atoms with Crippen LogP contribution < -0.4 is 5.43 Å². The van der Waals surface area contributed by atoms with Crippen molar-refractivity contribution in [1.82, 2.24) is 4.98 Å². The molecule has 17 heavy (non-hydrogen) atoms. The van der Waals surface area contributed by atoms with Gasteiger partial charge in [-0.3, -0.25) is 10.4 Å². The fourth-order valence-electron chi connectivity index (χ4n) is 1.33. The first-order chi connectivity index (χ1) is 8.25. The second-order valence-corrected chi connectivity index (χ2v) is 4.47. The summed E-state index contributed by atoms with van der Waals surface area (Å²) in [6.07, 6.45) is 3.46. The highest BCUT2D eigenvalue weighted by atomic mass is 79.9. The molecule has 0 fully saturated rings. The molecule has 0 aliphatic heterocycles. The Morgan fingerprint density at radius 3 is 2.41 bits per heavy atom. The molecule has 0 aliphatic rings. The maximum Gasteiger partial charge on any atom is 0.0648 e. The van der Waals surface area contributed by atoms with Crippen LogP contribution in [0.4, 0.5) is 5.69 Å². The molecule has 0 spiro atoms. The maximum absolute atomic E-state index is 4.32. The van der Waals surface area contributed by atoms with Gasteiger partial charge in [-0.15, -0.1) is 0 Å². The molecule has 0 atom stereocenters. The van der Waals surface area contributed by atoms with E-state index in [1.54, 1.807) is 12.4 Å². The van der Waals surface area contributed by atoms with Gasteiger partial charge in [-0.2, -0.15) is 5.10 Å². The molecule has 4 heteroatoms. The van der Waals surface area contributed by atoms with Gasteiger partial charge in [0.15, 0.2) is 0 Å². The highest BCUT2D eigenvalue weighted by Gasteiger charge is 1.96. The molecule has 86 valence electrons. The molecule has 2 rings (SSSR count).